The Kier molecular flexibility index (Phi) is 4.70. The zero-order chi connectivity index (χ0) is 14.8. The maximum Gasteiger partial charge on any atom is 0.405 e. The van der Waals surface area contributed by atoms with Gasteiger partial charge in [0.15, 0.2) is 0 Å². The van der Waals surface area contributed by atoms with Crippen LogP contribution < -0.4 is 4.90 Å². The number of anilines is 1. The molecule has 20 heavy (non-hydrogen) atoms. The lowest BCUT2D eigenvalue weighted by atomic mass is 10.2. The molecule has 0 atom stereocenters. The molecule has 2 aromatic rings. The number of pyridine rings is 2. The van der Waals surface area contributed by atoms with Crippen molar-refractivity contribution in [2.45, 2.75) is 6.18 Å². The summed E-state index contributed by atoms with van der Waals surface area (Å²) in [6, 6.07) is 3.22. The third-order valence-corrected chi connectivity index (χ3v) is 3.19. The first-order valence-electron chi connectivity index (χ1n) is 5.68. The second kappa shape index (κ2) is 6.13. The maximum absolute atomic E-state index is 12.7. The van der Waals surface area contributed by atoms with Crippen molar-refractivity contribution in [3.63, 3.8) is 0 Å². The molecule has 0 fully saturated rings. The summed E-state index contributed by atoms with van der Waals surface area (Å²) in [4.78, 5) is 9.43. The molecule has 0 unspecified atom stereocenters. The van der Waals surface area contributed by atoms with Crippen molar-refractivity contribution in [3.05, 3.63) is 29.0 Å². The molecule has 0 amide bonds. The van der Waals surface area contributed by atoms with Gasteiger partial charge in [-0.1, -0.05) is 0 Å². The van der Waals surface area contributed by atoms with Crippen molar-refractivity contribution in [2.75, 3.05) is 23.9 Å². The van der Waals surface area contributed by atoms with Crippen molar-refractivity contribution in [1.82, 2.24) is 9.97 Å². The molecule has 2 heterocycles. The molecule has 0 bridgehead atoms. The number of alkyl halides is 4. The predicted molar refractivity (Wildman–Crippen MR) is 76.2 cm³/mol. The standard InChI is InChI=1S/C12H10BrClF3N3/c13-8-5-9-11(19-6-8)10(1-3-18-9)20(4-2-14)7-12(15,16)17/h1,3,5-6H,2,4,7H2. The molecule has 0 aliphatic carbocycles. The van der Waals surface area contributed by atoms with Crippen LogP contribution in [0.2, 0.25) is 0 Å². The number of aromatic nitrogens is 2. The number of fused-ring (bicyclic) bond motifs is 1. The van der Waals surface area contributed by atoms with Gasteiger partial charge in [0.1, 0.15) is 12.1 Å². The molecule has 0 spiro atoms. The van der Waals surface area contributed by atoms with Crippen LogP contribution in [0.25, 0.3) is 11.0 Å². The highest BCUT2D eigenvalue weighted by Gasteiger charge is 2.31. The van der Waals surface area contributed by atoms with Gasteiger partial charge in [-0.25, -0.2) is 0 Å². The van der Waals surface area contributed by atoms with Crippen molar-refractivity contribution < 1.29 is 13.2 Å². The third kappa shape index (κ3) is 3.73. The van der Waals surface area contributed by atoms with Crippen molar-refractivity contribution >= 4 is 44.3 Å². The quantitative estimate of drug-likeness (QED) is 0.764. The average molecular weight is 369 g/mol. The minimum atomic E-state index is -4.31. The molecule has 0 N–H and O–H groups in total. The summed E-state index contributed by atoms with van der Waals surface area (Å²) in [5.74, 6) is 0.0937. The number of hydrogen-bond donors (Lipinski definition) is 0. The Labute approximate surface area is 126 Å². The first kappa shape index (κ1) is 15.3. The first-order chi connectivity index (χ1) is 9.40. The van der Waals surface area contributed by atoms with E-state index in [0.717, 1.165) is 9.37 Å². The number of rotatable bonds is 4. The van der Waals surface area contributed by atoms with Gasteiger partial charge >= 0.3 is 6.18 Å². The fourth-order valence-corrected chi connectivity index (χ4v) is 2.37. The van der Waals surface area contributed by atoms with Gasteiger partial charge in [0.05, 0.1) is 11.2 Å². The molecule has 0 aliphatic rings. The lowest BCUT2D eigenvalue weighted by molar-refractivity contribution is -0.119. The fraction of sp³-hybridized carbons (Fsp3) is 0.333. The van der Waals surface area contributed by atoms with Crippen LogP contribution in [0, 0.1) is 0 Å². The van der Waals surface area contributed by atoms with Crippen molar-refractivity contribution in [3.8, 4) is 0 Å². The van der Waals surface area contributed by atoms with Crippen molar-refractivity contribution in [1.29, 1.82) is 0 Å². The molecule has 3 nitrogen and oxygen atoms in total. The zero-order valence-corrected chi connectivity index (χ0v) is 12.5. The Morgan fingerprint density at radius 2 is 2.05 bits per heavy atom. The monoisotopic (exact) mass is 367 g/mol. The van der Waals surface area contributed by atoms with Gasteiger partial charge < -0.3 is 4.90 Å². The van der Waals surface area contributed by atoms with Crippen LogP contribution in [-0.4, -0.2) is 35.1 Å². The number of hydrogen-bond acceptors (Lipinski definition) is 3. The SMILES string of the molecule is FC(F)(F)CN(CCCl)c1ccnc2cc(Br)cnc12. The largest absolute Gasteiger partial charge is 0.405 e. The minimum absolute atomic E-state index is 0.0813. The van der Waals surface area contributed by atoms with E-state index in [4.69, 9.17) is 11.6 Å². The topological polar surface area (TPSA) is 29.0 Å². The van der Waals surface area contributed by atoms with Crippen LogP contribution in [0.4, 0.5) is 18.9 Å². The van der Waals surface area contributed by atoms with Gasteiger partial charge in [-0.15, -0.1) is 11.6 Å². The van der Waals surface area contributed by atoms with E-state index >= 15 is 0 Å². The summed E-state index contributed by atoms with van der Waals surface area (Å²) in [5, 5.41) is 0. The summed E-state index contributed by atoms with van der Waals surface area (Å²) in [7, 11) is 0. The van der Waals surface area contributed by atoms with Crippen LogP contribution in [0.1, 0.15) is 0 Å². The number of halogens is 5. The Hall–Kier alpha value is -1.08. The van der Waals surface area contributed by atoms with Gasteiger partial charge in [-0.2, -0.15) is 13.2 Å². The zero-order valence-electron chi connectivity index (χ0n) is 10.2. The van der Waals surface area contributed by atoms with Crippen LogP contribution >= 0.6 is 27.5 Å². The normalized spacial score (nSPS) is 11.8. The molecule has 108 valence electrons. The van der Waals surface area contributed by atoms with E-state index in [1.807, 2.05) is 0 Å². The Morgan fingerprint density at radius 1 is 1.30 bits per heavy atom. The molecule has 2 aromatic heterocycles. The summed E-state index contributed by atoms with van der Waals surface area (Å²) in [6.45, 7) is -0.992. The Bertz CT molecular complexity index is 606. The van der Waals surface area contributed by atoms with Gasteiger partial charge in [0.2, 0.25) is 0 Å². The van der Waals surface area contributed by atoms with Gasteiger partial charge in [0.25, 0.3) is 0 Å². The molecule has 8 heteroatoms. The van der Waals surface area contributed by atoms with E-state index in [2.05, 4.69) is 25.9 Å². The minimum Gasteiger partial charge on any atom is -0.360 e. The molecule has 2 rings (SSSR count). The Balaban J connectivity index is 2.47. The summed E-state index contributed by atoms with van der Waals surface area (Å²) >= 11 is 8.86. The van der Waals surface area contributed by atoms with E-state index in [-0.39, 0.29) is 12.4 Å². The number of nitrogens with zero attached hydrogens (tertiary/aromatic N) is 3. The third-order valence-electron chi connectivity index (χ3n) is 2.59. The molecule has 0 saturated carbocycles. The fourth-order valence-electron chi connectivity index (χ4n) is 1.85. The Morgan fingerprint density at radius 3 is 2.70 bits per heavy atom. The molecule has 0 saturated heterocycles. The lowest BCUT2D eigenvalue weighted by Crippen LogP contribution is -2.35. The second-order valence-corrected chi connectivity index (χ2v) is 5.37. The van der Waals surface area contributed by atoms with Gasteiger partial charge in [-0.05, 0) is 28.1 Å². The summed E-state index contributed by atoms with van der Waals surface area (Å²) in [5.41, 5.74) is 1.32. The predicted octanol–water partition coefficient (Wildman–Crippen LogP) is 4.00. The summed E-state index contributed by atoms with van der Waals surface area (Å²) in [6.07, 6.45) is -1.32. The smallest absolute Gasteiger partial charge is 0.360 e. The highest BCUT2D eigenvalue weighted by molar-refractivity contribution is 9.10. The molecule has 0 radical (unpaired) electrons. The first-order valence-corrected chi connectivity index (χ1v) is 7.01. The molecule has 0 aromatic carbocycles. The van der Waals surface area contributed by atoms with Crippen LogP contribution in [0.15, 0.2) is 29.0 Å². The van der Waals surface area contributed by atoms with Crippen LogP contribution in [0.5, 0.6) is 0 Å². The maximum atomic E-state index is 12.7. The van der Waals surface area contributed by atoms with Gasteiger partial charge in [0, 0.05) is 29.3 Å². The van der Waals surface area contributed by atoms with E-state index in [1.54, 1.807) is 6.07 Å². The van der Waals surface area contributed by atoms with E-state index < -0.39 is 12.7 Å². The van der Waals surface area contributed by atoms with E-state index in [9.17, 15) is 13.2 Å². The lowest BCUT2D eigenvalue weighted by Gasteiger charge is -2.25. The summed E-state index contributed by atoms with van der Waals surface area (Å²) < 4.78 is 38.7. The molecule has 0 aliphatic heterocycles. The van der Waals surface area contributed by atoms with Gasteiger partial charge in [-0.3, -0.25) is 9.97 Å². The van der Waals surface area contributed by atoms with Crippen molar-refractivity contribution in [2.24, 2.45) is 0 Å². The van der Waals surface area contributed by atoms with E-state index in [0.29, 0.717) is 16.7 Å². The highest BCUT2D eigenvalue weighted by Crippen LogP contribution is 2.28. The average Bonchev–Trinajstić information content (AvgIpc) is 2.35. The van der Waals surface area contributed by atoms with Crippen LogP contribution in [-0.2, 0) is 0 Å². The van der Waals surface area contributed by atoms with Crippen LogP contribution in [0.3, 0.4) is 0 Å². The second-order valence-electron chi connectivity index (χ2n) is 4.08. The highest BCUT2D eigenvalue weighted by atomic mass is 79.9. The van der Waals surface area contributed by atoms with E-state index in [1.165, 1.54) is 18.5 Å². The molecular weight excluding hydrogens is 359 g/mol. The molecular formula is C12H10BrClF3N3.